The topological polar surface area (TPSA) is 82.3 Å². The van der Waals surface area contributed by atoms with E-state index in [1.165, 1.54) is 4.31 Å². The van der Waals surface area contributed by atoms with Gasteiger partial charge in [0.2, 0.25) is 10.0 Å². The molecule has 1 aromatic heterocycles. The van der Waals surface area contributed by atoms with Gasteiger partial charge in [0.15, 0.2) is 0 Å². The minimum absolute atomic E-state index is 0.126. The van der Waals surface area contributed by atoms with Gasteiger partial charge in [-0.3, -0.25) is 4.79 Å². The fraction of sp³-hybridized carbons (Fsp3) is 0.353. The maximum atomic E-state index is 12.6. The molecule has 2 heterocycles. The molecule has 0 radical (unpaired) electrons. The number of amides is 1. The highest BCUT2D eigenvalue weighted by Gasteiger charge is 2.29. The molecule has 6 nitrogen and oxygen atoms in total. The number of piperidine rings is 1. The summed E-state index contributed by atoms with van der Waals surface area (Å²) < 4.78 is 26.7. The number of hydrogen-bond acceptors (Lipinski definition) is 3. The van der Waals surface area contributed by atoms with Crippen LogP contribution in [0.4, 0.5) is 0 Å². The number of benzene rings is 1. The van der Waals surface area contributed by atoms with Crippen molar-refractivity contribution in [3.63, 3.8) is 0 Å². The quantitative estimate of drug-likeness (QED) is 0.866. The fourth-order valence-corrected chi connectivity index (χ4v) is 4.39. The first-order valence-corrected chi connectivity index (χ1v) is 9.48. The molecule has 0 saturated carbocycles. The Morgan fingerprint density at radius 3 is 2.46 bits per heavy atom. The van der Waals surface area contributed by atoms with Crippen LogP contribution in [0, 0.1) is 5.92 Å². The smallest absolute Gasteiger partial charge is 0.267 e. The lowest BCUT2D eigenvalue weighted by atomic mass is 9.98. The number of nitrogens with zero attached hydrogens (tertiary/aromatic N) is 1. The molecule has 128 valence electrons. The number of carbonyl (C=O) groups is 1. The zero-order valence-corrected chi connectivity index (χ0v) is 14.1. The minimum Gasteiger partial charge on any atom is -0.357 e. The molecular weight excluding hydrogens is 326 g/mol. The first kappa shape index (κ1) is 16.7. The monoisotopic (exact) mass is 347 g/mol. The lowest BCUT2D eigenvalue weighted by molar-refractivity contribution is 0.0937. The van der Waals surface area contributed by atoms with Gasteiger partial charge in [-0.15, -0.1) is 0 Å². The highest BCUT2D eigenvalue weighted by atomic mass is 32.2. The van der Waals surface area contributed by atoms with Crippen LogP contribution in [0.15, 0.2) is 53.6 Å². The van der Waals surface area contributed by atoms with E-state index in [1.807, 2.05) is 0 Å². The molecule has 0 spiro atoms. The Morgan fingerprint density at radius 2 is 1.83 bits per heavy atom. The summed E-state index contributed by atoms with van der Waals surface area (Å²) >= 11 is 0. The predicted molar refractivity (Wildman–Crippen MR) is 91.1 cm³/mol. The van der Waals surface area contributed by atoms with Crippen LogP contribution in [0.1, 0.15) is 23.3 Å². The van der Waals surface area contributed by atoms with Gasteiger partial charge in [0.05, 0.1) is 4.90 Å². The van der Waals surface area contributed by atoms with E-state index in [2.05, 4.69) is 10.3 Å². The largest absolute Gasteiger partial charge is 0.357 e. The van der Waals surface area contributed by atoms with E-state index in [-0.39, 0.29) is 5.91 Å². The molecule has 2 N–H and O–H groups in total. The highest BCUT2D eigenvalue weighted by molar-refractivity contribution is 7.89. The van der Waals surface area contributed by atoms with Gasteiger partial charge in [0, 0.05) is 25.8 Å². The molecule has 0 aliphatic carbocycles. The Bertz CT molecular complexity index is 765. The SMILES string of the molecule is O=C(NCC1CCN(S(=O)(=O)c2ccccc2)CC1)c1ccc[nH]1. The molecule has 0 unspecified atom stereocenters. The van der Waals surface area contributed by atoms with E-state index in [0.29, 0.717) is 36.1 Å². The second kappa shape index (κ2) is 7.19. The molecular formula is C17H21N3O3S. The zero-order chi connectivity index (χ0) is 17.0. The van der Waals surface area contributed by atoms with Crippen molar-refractivity contribution in [1.82, 2.24) is 14.6 Å². The van der Waals surface area contributed by atoms with Gasteiger partial charge in [0.25, 0.3) is 5.91 Å². The van der Waals surface area contributed by atoms with E-state index in [0.717, 1.165) is 12.8 Å². The van der Waals surface area contributed by atoms with Crippen LogP contribution in [-0.2, 0) is 10.0 Å². The molecule has 1 aliphatic rings. The molecule has 24 heavy (non-hydrogen) atoms. The summed E-state index contributed by atoms with van der Waals surface area (Å²) in [6, 6.07) is 12.0. The molecule has 1 fully saturated rings. The van der Waals surface area contributed by atoms with Crippen LogP contribution < -0.4 is 5.32 Å². The molecule has 1 amide bonds. The number of rotatable bonds is 5. The number of aromatic amines is 1. The predicted octanol–water partition coefficient (Wildman–Crippen LogP) is 1.85. The lowest BCUT2D eigenvalue weighted by Gasteiger charge is -2.31. The second-order valence-corrected chi connectivity index (χ2v) is 7.89. The molecule has 1 aliphatic heterocycles. The molecule has 0 bridgehead atoms. The first-order valence-electron chi connectivity index (χ1n) is 8.04. The third kappa shape index (κ3) is 3.68. The Morgan fingerprint density at radius 1 is 1.12 bits per heavy atom. The number of hydrogen-bond donors (Lipinski definition) is 2. The van der Waals surface area contributed by atoms with E-state index in [9.17, 15) is 13.2 Å². The van der Waals surface area contributed by atoms with Crippen molar-refractivity contribution in [2.75, 3.05) is 19.6 Å². The molecule has 1 aromatic carbocycles. The van der Waals surface area contributed by atoms with Crippen molar-refractivity contribution in [3.05, 3.63) is 54.4 Å². The average molecular weight is 347 g/mol. The van der Waals surface area contributed by atoms with Gasteiger partial charge in [-0.05, 0) is 43.0 Å². The third-order valence-electron chi connectivity index (χ3n) is 4.35. The van der Waals surface area contributed by atoms with Crippen LogP contribution in [0.25, 0.3) is 0 Å². The van der Waals surface area contributed by atoms with E-state index in [4.69, 9.17) is 0 Å². The van der Waals surface area contributed by atoms with Crippen molar-refractivity contribution < 1.29 is 13.2 Å². The number of nitrogens with one attached hydrogen (secondary N) is 2. The van der Waals surface area contributed by atoms with E-state index < -0.39 is 10.0 Å². The van der Waals surface area contributed by atoms with Gasteiger partial charge < -0.3 is 10.3 Å². The molecule has 3 rings (SSSR count). The van der Waals surface area contributed by atoms with Crippen LogP contribution in [0.2, 0.25) is 0 Å². The Hall–Kier alpha value is -2.12. The summed E-state index contributed by atoms with van der Waals surface area (Å²) in [5, 5.41) is 2.90. The molecule has 0 atom stereocenters. The van der Waals surface area contributed by atoms with Crippen LogP contribution >= 0.6 is 0 Å². The third-order valence-corrected chi connectivity index (χ3v) is 6.26. The number of sulfonamides is 1. The number of aromatic nitrogens is 1. The van der Waals surface area contributed by atoms with Crippen molar-refractivity contribution >= 4 is 15.9 Å². The van der Waals surface area contributed by atoms with Gasteiger partial charge >= 0.3 is 0 Å². The second-order valence-electron chi connectivity index (χ2n) is 5.95. The van der Waals surface area contributed by atoms with Crippen molar-refractivity contribution in [3.8, 4) is 0 Å². The standard InChI is InChI=1S/C17H21N3O3S/c21-17(16-7-4-10-18-16)19-13-14-8-11-20(12-9-14)24(22,23)15-5-2-1-3-6-15/h1-7,10,14,18H,8-9,11-13H2,(H,19,21). The Balaban J connectivity index is 1.52. The summed E-state index contributed by atoms with van der Waals surface area (Å²) in [7, 11) is -3.41. The summed E-state index contributed by atoms with van der Waals surface area (Å²) in [5.74, 6) is 0.172. The van der Waals surface area contributed by atoms with Gasteiger partial charge in [-0.1, -0.05) is 18.2 Å². The van der Waals surface area contributed by atoms with Crippen LogP contribution in [0.5, 0.6) is 0 Å². The average Bonchev–Trinajstić information content (AvgIpc) is 3.15. The number of H-pyrrole nitrogens is 1. The first-order chi connectivity index (χ1) is 11.6. The van der Waals surface area contributed by atoms with Crippen LogP contribution in [0.3, 0.4) is 0 Å². The summed E-state index contributed by atoms with van der Waals surface area (Å²) in [5.41, 5.74) is 0.541. The maximum absolute atomic E-state index is 12.6. The van der Waals surface area contributed by atoms with Crippen molar-refractivity contribution in [2.24, 2.45) is 5.92 Å². The fourth-order valence-electron chi connectivity index (χ4n) is 2.90. The van der Waals surface area contributed by atoms with Crippen molar-refractivity contribution in [1.29, 1.82) is 0 Å². The van der Waals surface area contributed by atoms with Crippen LogP contribution in [-0.4, -0.2) is 43.2 Å². The Kier molecular flexibility index (Phi) is 5.01. The zero-order valence-electron chi connectivity index (χ0n) is 13.3. The molecule has 2 aromatic rings. The molecule has 7 heteroatoms. The summed E-state index contributed by atoms with van der Waals surface area (Å²) in [6.45, 7) is 1.54. The van der Waals surface area contributed by atoms with Gasteiger partial charge in [-0.2, -0.15) is 4.31 Å². The van der Waals surface area contributed by atoms with Gasteiger partial charge in [-0.25, -0.2) is 8.42 Å². The lowest BCUT2D eigenvalue weighted by Crippen LogP contribution is -2.41. The number of carbonyl (C=O) groups excluding carboxylic acids is 1. The highest BCUT2D eigenvalue weighted by Crippen LogP contribution is 2.23. The van der Waals surface area contributed by atoms with E-state index >= 15 is 0 Å². The van der Waals surface area contributed by atoms with E-state index in [1.54, 1.807) is 48.7 Å². The minimum atomic E-state index is -3.41. The van der Waals surface area contributed by atoms with Gasteiger partial charge in [0.1, 0.15) is 5.69 Å². The summed E-state index contributed by atoms with van der Waals surface area (Å²) in [6.07, 6.45) is 3.20. The van der Waals surface area contributed by atoms with Crippen molar-refractivity contribution in [2.45, 2.75) is 17.7 Å². The normalized spacial score (nSPS) is 16.8. The summed E-state index contributed by atoms with van der Waals surface area (Å²) in [4.78, 5) is 15.1. The molecule has 1 saturated heterocycles. The Labute approximate surface area is 141 Å². The maximum Gasteiger partial charge on any atom is 0.267 e.